The number of carbonyl (C=O) groups is 1. The molecule has 0 amide bonds. The predicted molar refractivity (Wildman–Crippen MR) is 113 cm³/mol. The summed E-state index contributed by atoms with van der Waals surface area (Å²) in [6.45, 7) is 3.63. The van der Waals surface area contributed by atoms with Crippen molar-refractivity contribution in [2.45, 2.75) is 13.5 Å². The molecule has 1 aromatic carbocycles. The maximum Gasteiger partial charge on any atom is 0.358 e. The van der Waals surface area contributed by atoms with Gasteiger partial charge in [0.15, 0.2) is 5.69 Å². The number of esters is 1. The summed E-state index contributed by atoms with van der Waals surface area (Å²) >= 11 is 0. The highest BCUT2D eigenvalue weighted by molar-refractivity contribution is 5.94. The van der Waals surface area contributed by atoms with Crippen molar-refractivity contribution in [2.24, 2.45) is 0 Å². The van der Waals surface area contributed by atoms with Gasteiger partial charge < -0.3 is 19.9 Å². The van der Waals surface area contributed by atoms with E-state index in [1.165, 1.54) is 13.3 Å². The van der Waals surface area contributed by atoms with E-state index < -0.39 is 5.97 Å². The Hall–Kier alpha value is -3.92. The van der Waals surface area contributed by atoms with Crippen molar-refractivity contribution in [3.63, 3.8) is 0 Å². The molecule has 2 N–H and O–H groups in total. The van der Waals surface area contributed by atoms with Crippen LogP contribution in [-0.2, 0) is 11.3 Å². The normalized spacial score (nSPS) is 10.9. The van der Waals surface area contributed by atoms with E-state index in [1.807, 2.05) is 24.3 Å². The maximum atomic E-state index is 11.4. The minimum atomic E-state index is -0.503. The van der Waals surface area contributed by atoms with E-state index in [0.29, 0.717) is 31.3 Å². The van der Waals surface area contributed by atoms with E-state index in [4.69, 9.17) is 4.52 Å². The van der Waals surface area contributed by atoms with E-state index in [1.54, 1.807) is 19.3 Å². The number of aromatic nitrogens is 5. The lowest BCUT2D eigenvalue weighted by molar-refractivity contribution is 0.0593. The molecule has 0 radical (unpaired) electrons. The SMILES string of the molecule is COC(=O)c1cnc(CNCCNc2nccc3ccc(-c4noc(C)n4)cc23)cn1. The van der Waals surface area contributed by atoms with Gasteiger partial charge in [0.1, 0.15) is 5.82 Å². The average molecular weight is 419 g/mol. The largest absolute Gasteiger partial charge is 0.464 e. The highest BCUT2D eigenvalue weighted by Crippen LogP contribution is 2.26. The number of carbonyl (C=O) groups excluding carboxylic acids is 1. The highest BCUT2D eigenvalue weighted by atomic mass is 16.5. The van der Waals surface area contributed by atoms with E-state index in [9.17, 15) is 4.79 Å². The van der Waals surface area contributed by atoms with Crippen LogP contribution in [0.3, 0.4) is 0 Å². The minimum Gasteiger partial charge on any atom is -0.464 e. The first kappa shape index (κ1) is 20.4. The number of methoxy groups -OCH3 is 1. The van der Waals surface area contributed by atoms with Gasteiger partial charge in [-0.2, -0.15) is 4.98 Å². The topological polar surface area (TPSA) is 128 Å². The summed E-state index contributed by atoms with van der Waals surface area (Å²) < 4.78 is 9.69. The lowest BCUT2D eigenvalue weighted by Gasteiger charge is -2.10. The molecule has 0 aliphatic rings. The molecule has 3 heterocycles. The monoisotopic (exact) mass is 419 g/mol. The van der Waals surface area contributed by atoms with Crippen LogP contribution in [0.1, 0.15) is 22.1 Å². The first-order valence-corrected chi connectivity index (χ1v) is 9.67. The van der Waals surface area contributed by atoms with Gasteiger partial charge in [0, 0.05) is 43.7 Å². The van der Waals surface area contributed by atoms with Gasteiger partial charge in [0.05, 0.1) is 25.2 Å². The number of ether oxygens (including phenoxy) is 1. The van der Waals surface area contributed by atoms with Crippen LogP contribution < -0.4 is 10.6 Å². The van der Waals surface area contributed by atoms with Crippen molar-refractivity contribution in [2.75, 3.05) is 25.5 Å². The Kier molecular flexibility index (Phi) is 6.08. The summed E-state index contributed by atoms with van der Waals surface area (Å²) in [4.78, 5) is 28.4. The Bertz CT molecular complexity index is 1190. The standard InChI is InChI=1S/C21H21N7O3/c1-13-27-19(28-31-13)15-4-3-14-5-6-23-20(17(14)9-15)24-8-7-22-10-16-11-26-18(12-25-16)21(29)30-2/h3-6,9,11-12,22H,7-8,10H2,1-2H3,(H,23,24). The lowest BCUT2D eigenvalue weighted by atomic mass is 10.1. The van der Waals surface area contributed by atoms with Crippen molar-refractivity contribution in [1.82, 2.24) is 30.4 Å². The molecule has 0 aliphatic heterocycles. The van der Waals surface area contributed by atoms with Crippen LogP contribution in [-0.4, -0.2) is 51.3 Å². The molecular weight excluding hydrogens is 398 g/mol. The van der Waals surface area contributed by atoms with Crippen molar-refractivity contribution in [3.8, 4) is 11.4 Å². The van der Waals surface area contributed by atoms with Gasteiger partial charge >= 0.3 is 5.97 Å². The molecule has 4 aromatic rings. The van der Waals surface area contributed by atoms with Gasteiger partial charge in [-0.3, -0.25) is 4.98 Å². The molecule has 0 atom stereocenters. The minimum absolute atomic E-state index is 0.185. The molecule has 0 saturated heterocycles. The van der Waals surface area contributed by atoms with Gasteiger partial charge in [-0.25, -0.2) is 14.8 Å². The molecule has 0 fully saturated rings. The summed E-state index contributed by atoms with van der Waals surface area (Å²) in [5.74, 6) is 1.35. The fourth-order valence-electron chi connectivity index (χ4n) is 3.01. The predicted octanol–water partition coefficient (Wildman–Crippen LogP) is 2.37. The van der Waals surface area contributed by atoms with Gasteiger partial charge in [-0.15, -0.1) is 0 Å². The molecule has 0 spiro atoms. The number of nitrogens with zero attached hydrogens (tertiary/aromatic N) is 5. The average Bonchev–Trinajstić information content (AvgIpc) is 3.25. The van der Waals surface area contributed by atoms with Crippen LogP contribution in [0.25, 0.3) is 22.2 Å². The van der Waals surface area contributed by atoms with E-state index in [2.05, 4.69) is 40.5 Å². The molecule has 10 nitrogen and oxygen atoms in total. The molecule has 0 bridgehead atoms. The zero-order valence-corrected chi connectivity index (χ0v) is 17.1. The molecule has 4 rings (SSSR count). The van der Waals surface area contributed by atoms with E-state index in [0.717, 1.165) is 27.8 Å². The van der Waals surface area contributed by atoms with Crippen molar-refractivity contribution in [1.29, 1.82) is 0 Å². The van der Waals surface area contributed by atoms with Crippen LogP contribution in [0.4, 0.5) is 5.82 Å². The second kappa shape index (κ2) is 9.26. The lowest BCUT2D eigenvalue weighted by Crippen LogP contribution is -2.22. The third-order valence-corrected chi connectivity index (χ3v) is 4.55. The number of nitrogens with one attached hydrogen (secondary N) is 2. The summed E-state index contributed by atoms with van der Waals surface area (Å²) in [5, 5.41) is 12.7. The number of aryl methyl sites for hydroxylation is 1. The third kappa shape index (κ3) is 4.81. The van der Waals surface area contributed by atoms with Crippen LogP contribution in [0.2, 0.25) is 0 Å². The van der Waals surface area contributed by atoms with Gasteiger partial charge in [-0.05, 0) is 17.5 Å². The molecule has 0 saturated carbocycles. The number of fused-ring (bicyclic) bond motifs is 1. The summed E-state index contributed by atoms with van der Waals surface area (Å²) in [6, 6.07) is 7.93. The van der Waals surface area contributed by atoms with E-state index >= 15 is 0 Å². The first-order valence-electron chi connectivity index (χ1n) is 9.67. The fourth-order valence-corrected chi connectivity index (χ4v) is 3.01. The number of benzene rings is 1. The van der Waals surface area contributed by atoms with Gasteiger partial charge in [0.2, 0.25) is 11.7 Å². The third-order valence-electron chi connectivity index (χ3n) is 4.55. The number of hydrogen-bond donors (Lipinski definition) is 2. The molecule has 10 heteroatoms. The number of anilines is 1. The summed E-state index contributed by atoms with van der Waals surface area (Å²) in [6.07, 6.45) is 4.73. The zero-order chi connectivity index (χ0) is 21.6. The number of pyridine rings is 1. The Morgan fingerprint density at radius 3 is 2.77 bits per heavy atom. The molecular formula is C21H21N7O3. The zero-order valence-electron chi connectivity index (χ0n) is 17.1. The maximum absolute atomic E-state index is 11.4. The molecule has 31 heavy (non-hydrogen) atoms. The van der Waals surface area contributed by atoms with Crippen LogP contribution in [0.5, 0.6) is 0 Å². The summed E-state index contributed by atoms with van der Waals surface area (Å²) in [5.41, 5.74) is 1.79. The molecule has 3 aromatic heterocycles. The van der Waals surface area contributed by atoms with E-state index in [-0.39, 0.29) is 5.69 Å². The van der Waals surface area contributed by atoms with Gasteiger partial charge in [-0.1, -0.05) is 17.3 Å². The smallest absolute Gasteiger partial charge is 0.358 e. The first-order chi connectivity index (χ1) is 15.1. The second-order valence-electron chi connectivity index (χ2n) is 6.72. The van der Waals surface area contributed by atoms with Crippen LogP contribution in [0.15, 0.2) is 47.4 Å². The highest BCUT2D eigenvalue weighted by Gasteiger charge is 2.10. The fraction of sp³-hybridized carbons (Fsp3) is 0.238. The summed E-state index contributed by atoms with van der Waals surface area (Å²) in [7, 11) is 1.31. The van der Waals surface area contributed by atoms with Crippen molar-refractivity contribution < 1.29 is 14.1 Å². The van der Waals surface area contributed by atoms with Crippen molar-refractivity contribution in [3.05, 3.63) is 60.1 Å². The molecule has 0 aliphatic carbocycles. The Balaban J connectivity index is 1.35. The Morgan fingerprint density at radius 2 is 2.03 bits per heavy atom. The number of rotatable bonds is 8. The molecule has 0 unspecified atom stereocenters. The second-order valence-corrected chi connectivity index (χ2v) is 6.72. The van der Waals surface area contributed by atoms with Crippen molar-refractivity contribution >= 4 is 22.6 Å². The van der Waals surface area contributed by atoms with Crippen LogP contribution in [0, 0.1) is 6.92 Å². The quantitative estimate of drug-likeness (QED) is 0.324. The number of hydrogen-bond acceptors (Lipinski definition) is 10. The molecule has 158 valence electrons. The Morgan fingerprint density at radius 1 is 1.13 bits per heavy atom. The Labute approximate surface area is 178 Å². The van der Waals surface area contributed by atoms with Gasteiger partial charge in [0.25, 0.3) is 0 Å². The van der Waals surface area contributed by atoms with Crippen LogP contribution >= 0.6 is 0 Å².